The van der Waals surface area contributed by atoms with Crippen molar-refractivity contribution in [2.75, 3.05) is 6.61 Å². The van der Waals surface area contributed by atoms with Gasteiger partial charge in [0.2, 0.25) is 0 Å². The maximum atomic E-state index is 12.0. The normalized spacial score (nSPS) is 16.4. The van der Waals surface area contributed by atoms with E-state index in [0.29, 0.717) is 16.1 Å². The molecule has 0 saturated heterocycles. The summed E-state index contributed by atoms with van der Waals surface area (Å²) >= 11 is 5.95. The first-order valence-corrected chi connectivity index (χ1v) is 8.04. The van der Waals surface area contributed by atoms with Crippen molar-refractivity contribution in [1.82, 2.24) is 20.5 Å². The molecule has 1 fully saturated rings. The highest BCUT2D eigenvalue weighted by Crippen LogP contribution is 2.17. The van der Waals surface area contributed by atoms with Crippen LogP contribution in [-0.4, -0.2) is 33.7 Å². The molecule has 2 aromatic rings. The molecule has 0 bridgehead atoms. The standard InChI is InChI=1S/C15H19ClN4O2/c16-11-7-8-13-14(9-11)20(19-18-13)22-10-15(21)17-12-5-3-1-2-4-6-12/h7-9,12H,1-6,10H2,(H,17,21). The van der Waals surface area contributed by atoms with Crippen molar-refractivity contribution in [3.8, 4) is 0 Å². The highest BCUT2D eigenvalue weighted by molar-refractivity contribution is 6.31. The largest absolute Gasteiger partial charge is 0.385 e. The topological polar surface area (TPSA) is 69.0 Å². The second kappa shape index (κ2) is 6.96. The van der Waals surface area contributed by atoms with E-state index in [0.717, 1.165) is 12.8 Å². The van der Waals surface area contributed by atoms with E-state index >= 15 is 0 Å². The number of halogens is 1. The predicted molar refractivity (Wildman–Crippen MR) is 83.6 cm³/mol. The van der Waals surface area contributed by atoms with Crippen LogP contribution < -0.4 is 10.2 Å². The van der Waals surface area contributed by atoms with Crippen LogP contribution in [0.3, 0.4) is 0 Å². The Morgan fingerprint density at radius 1 is 1.32 bits per heavy atom. The lowest BCUT2D eigenvalue weighted by molar-refractivity contribution is -0.127. The first-order chi connectivity index (χ1) is 10.7. The number of aromatic nitrogens is 3. The number of rotatable bonds is 4. The van der Waals surface area contributed by atoms with Crippen LogP contribution >= 0.6 is 11.6 Å². The molecule has 0 aliphatic heterocycles. The summed E-state index contributed by atoms with van der Waals surface area (Å²) in [6.45, 7) is -0.0819. The summed E-state index contributed by atoms with van der Waals surface area (Å²) in [5.41, 5.74) is 1.32. The summed E-state index contributed by atoms with van der Waals surface area (Å²) in [7, 11) is 0. The minimum absolute atomic E-state index is 0.0819. The average Bonchev–Trinajstić information content (AvgIpc) is 2.72. The Morgan fingerprint density at radius 3 is 2.86 bits per heavy atom. The van der Waals surface area contributed by atoms with Crippen molar-refractivity contribution >= 4 is 28.5 Å². The summed E-state index contributed by atoms with van der Waals surface area (Å²) in [5, 5.41) is 11.4. The van der Waals surface area contributed by atoms with Crippen LogP contribution in [0, 0.1) is 0 Å². The van der Waals surface area contributed by atoms with Crippen LogP contribution in [0.15, 0.2) is 18.2 Å². The van der Waals surface area contributed by atoms with Gasteiger partial charge in [-0.15, -0.1) is 5.10 Å². The zero-order valence-electron chi connectivity index (χ0n) is 12.3. The van der Waals surface area contributed by atoms with Gasteiger partial charge in [0.05, 0.1) is 0 Å². The van der Waals surface area contributed by atoms with Gasteiger partial charge in [-0.2, -0.15) is 0 Å². The summed E-state index contributed by atoms with van der Waals surface area (Å²) in [4.78, 5) is 18.7. The molecular formula is C15H19ClN4O2. The number of carbonyl (C=O) groups excluding carboxylic acids is 1. The summed E-state index contributed by atoms with van der Waals surface area (Å²) in [6, 6.07) is 5.47. The van der Waals surface area contributed by atoms with E-state index in [1.807, 2.05) is 0 Å². The highest BCUT2D eigenvalue weighted by atomic mass is 35.5. The third-order valence-corrected chi connectivity index (χ3v) is 4.15. The van der Waals surface area contributed by atoms with Crippen LogP contribution in [0.2, 0.25) is 5.02 Å². The molecule has 1 aliphatic rings. The number of carbonyl (C=O) groups is 1. The fraction of sp³-hybridized carbons (Fsp3) is 0.533. The molecule has 1 amide bonds. The van der Waals surface area contributed by atoms with Gasteiger partial charge in [0.15, 0.2) is 6.61 Å². The smallest absolute Gasteiger partial charge is 0.260 e. The quantitative estimate of drug-likeness (QED) is 0.877. The van der Waals surface area contributed by atoms with Crippen molar-refractivity contribution < 1.29 is 9.63 Å². The number of benzene rings is 1. The first kappa shape index (κ1) is 15.1. The Morgan fingerprint density at radius 2 is 2.09 bits per heavy atom. The van der Waals surface area contributed by atoms with E-state index in [9.17, 15) is 4.79 Å². The van der Waals surface area contributed by atoms with Crippen molar-refractivity contribution in [3.63, 3.8) is 0 Å². The zero-order chi connectivity index (χ0) is 15.4. The van der Waals surface area contributed by atoms with Crippen LogP contribution in [0.1, 0.15) is 38.5 Å². The molecule has 1 saturated carbocycles. The molecule has 1 heterocycles. The first-order valence-electron chi connectivity index (χ1n) is 7.66. The highest BCUT2D eigenvalue weighted by Gasteiger charge is 2.15. The molecule has 6 nitrogen and oxygen atoms in total. The van der Waals surface area contributed by atoms with Gasteiger partial charge in [0.25, 0.3) is 5.91 Å². The van der Waals surface area contributed by atoms with Gasteiger partial charge in [-0.05, 0) is 36.3 Å². The lowest BCUT2D eigenvalue weighted by atomic mass is 10.1. The van der Waals surface area contributed by atoms with Gasteiger partial charge in [0.1, 0.15) is 11.0 Å². The van der Waals surface area contributed by atoms with Gasteiger partial charge >= 0.3 is 0 Å². The van der Waals surface area contributed by atoms with E-state index in [2.05, 4.69) is 15.6 Å². The Labute approximate surface area is 133 Å². The number of fused-ring (bicyclic) bond motifs is 1. The molecule has 3 rings (SSSR count). The molecule has 1 aromatic heterocycles. The molecule has 0 atom stereocenters. The van der Waals surface area contributed by atoms with Crippen molar-refractivity contribution in [2.45, 2.75) is 44.6 Å². The monoisotopic (exact) mass is 322 g/mol. The van der Waals surface area contributed by atoms with Crippen LogP contribution in [-0.2, 0) is 4.79 Å². The van der Waals surface area contributed by atoms with Gasteiger partial charge < -0.3 is 10.2 Å². The second-order valence-electron chi connectivity index (χ2n) is 5.62. The maximum Gasteiger partial charge on any atom is 0.260 e. The van der Waals surface area contributed by atoms with E-state index in [-0.39, 0.29) is 18.6 Å². The minimum atomic E-state index is -0.127. The van der Waals surface area contributed by atoms with E-state index in [1.54, 1.807) is 18.2 Å². The number of hydrogen-bond acceptors (Lipinski definition) is 4. The maximum absolute atomic E-state index is 12.0. The lowest BCUT2D eigenvalue weighted by Gasteiger charge is -2.16. The van der Waals surface area contributed by atoms with Crippen LogP contribution in [0.4, 0.5) is 0 Å². The second-order valence-corrected chi connectivity index (χ2v) is 6.06. The Balaban J connectivity index is 1.56. The number of hydrogen-bond donors (Lipinski definition) is 1. The molecule has 7 heteroatoms. The van der Waals surface area contributed by atoms with Gasteiger partial charge in [-0.25, -0.2) is 0 Å². The van der Waals surface area contributed by atoms with E-state index < -0.39 is 0 Å². The summed E-state index contributed by atoms with van der Waals surface area (Å²) in [6.07, 6.45) is 6.97. The number of amides is 1. The average molecular weight is 323 g/mol. The molecule has 0 radical (unpaired) electrons. The van der Waals surface area contributed by atoms with Gasteiger partial charge in [-0.3, -0.25) is 4.79 Å². The fourth-order valence-electron chi connectivity index (χ4n) is 2.78. The van der Waals surface area contributed by atoms with E-state index in [1.165, 1.54) is 30.5 Å². The molecule has 1 N–H and O–H groups in total. The van der Waals surface area contributed by atoms with Gasteiger partial charge in [0, 0.05) is 11.1 Å². The molecule has 0 unspecified atom stereocenters. The third-order valence-electron chi connectivity index (χ3n) is 3.92. The molecule has 1 aromatic carbocycles. The van der Waals surface area contributed by atoms with Crippen molar-refractivity contribution in [1.29, 1.82) is 0 Å². The van der Waals surface area contributed by atoms with Crippen molar-refractivity contribution in [3.05, 3.63) is 23.2 Å². The van der Waals surface area contributed by atoms with Crippen molar-refractivity contribution in [2.24, 2.45) is 0 Å². The van der Waals surface area contributed by atoms with E-state index in [4.69, 9.17) is 16.4 Å². The predicted octanol–water partition coefficient (Wildman–Crippen LogP) is 2.35. The van der Waals surface area contributed by atoms with Crippen LogP contribution in [0.25, 0.3) is 11.0 Å². The lowest BCUT2D eigenvalue weighted by Crippen LogP contribution is -2.39. The molecule has 22 heavy (non-hydrogen) atoms. The Hall–Kier alpha value is -1.82. The fourth-order valence-corrected chi connectivity index (χ4v) is 2.95. The van der Waals surface area contributed by atoms with Gasteiger partial charge in [-0.1, -0.05) is 42.1 Å². The SMILES string of the molecule is O=C(COn1nnc2ccc(Cl)cc21)NC1CCCCCC1. The third kappa shape index (κ3) is 3.68. The molecule has 118 valence electrons. The molecular weight excluding hydrogens is 304 g/mol. The summed E-state index contributed by atoms with van der Waals surface area (Å²) in [5.74, 6) is -0.127. The number of nitrogens with zero attached hydrogens (tertiary/aromatic N) is 3. The molecule has 0 spiro atoms. The number of nitrogens with one attached hydrogen (secondary N) is 1. The minimum Gasteiger partial charge on any atom is -0.385 e. The summed E-state index contributed by atoms with van der Waals surface area (Å²) < 4.78 is 0. The Bertz CT molecular complexity index is 650. The zero-order valence-corrected chi connectivity index (χ0v) is 13.1. The van der Waals surface area contributed by atoms with Crippen LogP contribution in [0.5, 0.6) is 0 Å². The Kier molecular flexibility index (Phi) is 4.77. The molecule has 1 aliphatic carbocycles.